The lowest BCUT2D eigenvalue weighted by atomic mass is 9.77. The van der Waals surface area contributed by atoms with Crippen LogP contribution in [-0.4, -0.2) is 72.9 Å². The number of carbonyl (C=O) groups excluding carboxylic acids is 2. The van der Waals surface area contributed by atoms with E-state index in [1.807, 2.05) is 12.1 Å². The second kappa shape index (κ2) is 10.1. The first kappa shape index (κ1) is 24.5. The van der Waals surface area contributed by atoms with E-state index in [1.165, 1.54) is 5.56 Å². The van der Waals surface area contributed by atoms with Crippen molar-refractivity contribution in [2.75, 3.05) is 46.4 Å². The fourth-order valence-corrected chi connectivity index (χ4v) is 6.86. The summed E-state index contributed by atoms with van der Waals surface area (Å²) in [5.74, 6) is 2.67. The molecule has 3 saturated heterocycles. The number of amides is 2. The SMILES string of the molecule is COc1ccc(CN2CC3(CCN(CC4CN(C(=O)C5CC5)CC4c4ccccc4)CC3)CC2=O)cc1. The van der Waals surface area contributed by atoms with E-state index in [-0.39, 0.29) is 11.3 Å². The van der Waals surface area contributed by atoms with Gasteiger partial charge in [0.25, 0.3) is 0 Å². The van der Waals surface area contributed by atoms with E-state index >= 15 is 0 Å². The van der Waals surface area contributed by atoms with Gasteiger partial charge in [0.2, 0.25) is 11.8 Å². The number of hydrogen-bond acceptors (Lipinski definition) is 4. The molecule has 3 heterocycles. The highest BCUT2D eigenvalue weighted by atomic mass is 16.5. The Hall–Kier alpha value is -2.86. The molecule has 6 nitrogen and oxygen atoms in total. The molecule has 6 rings (SSSR count). The molecule has 2 aromatic carbocycles. The first-order valence-electron chi connectivity index (χ1n) is 14.0. The van der Waals surface area contributed by atoms with Gasteiger partial charge in [-0.05, 0) is 73.4 Å². The van der Waals surface area contributed by atoms with Crippen LogP contribution in [-0.2, 0) is 16.1 Å². The van der Waals surface area contributed by atoms with Crippen molar-refractivity contribution in [3.63, 3.8) is 0 Å². The van der Waals surface area contributed by atoms with Gasteiger partial charge in [0, 0.05) is 51.0 Å². The highest BCUT2D eigenvalue weighted by Gasteiger charge is 2.46. The molecule has 0 bridgehead atoms. The third kappa shape index (κ3) is 5.26. The van der Waals surface area contributed by atoms with E-state index in [0.29, 0.717) is 36.6 Å². The number of hydrogen-bond donors (Lipinski definition) is 0. The zero-order chi connectivity index (χ0) is 25.4. The Morgan fingerprint density at radius 1 is 1.00 bits per heavy atom. The van der Waals surface area contributed by atoms with Gasteiger partial charge in [-0.15, -0.1) is 0 Å². The summed E-state index contributed by atoms with van der Waals surface area (Å²) in [6, 6.07) is 18.8. The molecule has 0 radical (unpaired) electrons. The smallest absolute Gasteiger partial charge is 0.225 e. The Bertz CT molecular complexity index is 1110. The molecule has 0 aromatic heterocycles. The molecule has 2 unspecified atom stereocenters. The molecule has 1 saturated carbocycles. The number of carbonyl (C=O) groups is 2. The van der Waals surface area contributed by atoms with Gasteiger partial charge < -0.3 is 19.4 Å². The van der Waals surface area contributed by atoms with Crippen molar-refractivity contribution in [1.82, 2.24) is 14.7 Å². The maximum Gasteiger partial charge on any atom is 0.225 e. The van der Waals surface area contributed by atoms with Crippen molar-refractivity contribution >= 4 is 11.8 Å². The average Bonchev–Trinajstić information content (AvgIpc) is 3.63. The molecular formula is C31H39N3O3. The summed E-state index contributed by atoms with van der Waals surface area (Å²) in [5, 5.41) is 0. The van der Waals surface area contributed by atoms with Crippen LogP contribution in [0.3, 0.4) is 0 Å². The lowest BCUT2D eigenvalue weighted by Gasteiger charge is -2.40. The van der Waals surface area contributed by atoms with Gasteiger partial charge in [0.05, 0.1) is 7.11 Å². The van der Waals surface area contributed by atoms with Crippen LogP contribution in [0.25, 0.3) is 0 Å². The molecule has 1 spiro atoms. The van der Waals surface area contributed by atoms with E-state index in [0.717, 1.165) is 76.3 Å². The summed E-state index contributed by atoms with van der Waals surface area (Å²) in [7, 11) is 1.67. The number of benzene rings is 2. The second-order valence-electron chi connectivity index (χ2n) is 11.9. The first-order valence-corrected chi connectivity index (χ1v) is 14.0. The number of likely N-dealkylation sites (tertiary alicyclic amines) is 3. The summed E-state index contributed by atoms with van der Waals surface area (Å²) in [6.45, 7) is 6.40. The van der Waals surface area contributed by atoms with Crippen LogP contribution in [0, 0.1) is 17.3 Å². The number of ether oxygens (including phenoxy) is 1. The third-order valence-corrected chi connectivity index (χ3v) is 9.25. The van der Waals surface area contributed by atoms with Crippen LogP contribution in [0.15, 0.2) is 54.6 Å². The summed E-state index contributed by atoms with van der Waals surface area (Å²) in [6.07, 6.45) is 4.96. The quantitative estimate of drug-likeness (QED) is 0.572. The molecule has 37 heavy (non-hydrogen) atoms. The van der Waals surface area contributed by atoms with Gasteiger partial charge in [-0.25, -0.2) is 0 Å². The van der Waals surface area contributed by atoms with Gasteiger partial charge >= 0.3 is 0 Å². The Morgan fingerprint density at radius 2 is 1.73 bits per heavy atom. The molecule has 2 atom stereocenters. The van der Waals surface area contributed by atoms with Gasteiger partial charge in [0.15, 0.2) is 0 Å². The van der Waals surface area contributed by atoms with Crippen molar-refractivity contribution in [2.45, 2.75) is 44.6 Å². The molecule has 6 heteroatoms. The number of rotatable bonds is 7. The normalized spacial score (nSPS) is 25.7. The van der Waals surface area contributed by atoms with E-state index < -0.39 is 0 Å². The largest absolute Gasteiger partial charge is 0.497 e. The molecule has 196 valence electrons. The predicted octanol–water partition coefficient (Wildman–Crippen LogP) is 4.16. The minimum atomic E-state index is 0.114. The van der Waals surface area contributed by atoms with Crippen LogP contribution in [0.1, 0.15) is 49.1 Å². The average molecular weight is 502 g/mol. The molecule has 1 aliphatic carbocycles. The van der Waals surface area contributed by atoms with E-state index in [2.05, 4.69) is 57.2 Å². The molecule has 2 amide bonds. The number of nitrogens with zero attached hydrogens (tertiary/aromatic N) is 3. The summed E-state index contributed by atoms with van der Waals surface area (Å²) in [4.78, 5) is 32.6. The Balaban J connectivity index is 1.06. The summed E-state index contributed by atoms with van der Waals surface area (Å²) >= 11 is 0. The Morgan fingerprint density at radius 3 is 2.41 bits per heavy atom. The van der Waals surface area contributed by atoms with Crippen LogP contribution < -0.4 is 4.74 Å². The topological polar surface area (TPSA) is 53.1 Å². The van der Waals surface area contributed by atoms with Crippen molar-refractivity contribution in [1.29, 1.82) is 0 Å². The molecule has 2 aromatic rings. The van der Waals surface area contributed by atoms with Crippen LogP contribution in [0.4, 0.5) is 0 Å². The number of piperidine rings is 1. The Kier molecular flexibility index (Phi) is 6.70. The van der Waals surface area contributed by atoms with Gasteiger partial charge in [-0.1, -0.05) is 42.5 Å². The monoisotopic (exact) mass is 501 g/mol. The molecule has 3 aliphatic heterocycles. The van der Waals surface area contributed by atoms with Gasteiger partial charge in [-0.3, -0.25) is 9.59 Å². The van der Waals surface area contributed by atoms with Crippen molar-refractivity contribution < 1.29 is 14.3 Å². The van der Waals surface area contributed by atoms with Crippen LogP contribution >= 0.6 is 0 Å². The molecule has 4 fully saturated rings. The maximum atomic E-state index is 12.9. The second-order valence-corrected chi connectivity index (χ2v) is 11.9. The van der Waals surface area contributed by atoms with Crippen LogP contribution in [0.2, 0.25) is 0 Å². The lowest BCUT2D eigenvalue weighted by Crippen LogP contribution is -2.44. The van der Waals surface area contributed by atoms with Gasteiger partial charge in [0.1, 0.15) is 5.75 Å². The van der Waals surface area contributed by atoms with E-state index in [1.54, 1.807) is 7.11 Å². The minimum absolute atomic E-state index is 0.114. The molecule has 4 aliphatic rings. The highest BCUT2D eigenvalue weighted by molar-refractivity contribution is 5.81. The minimum Gasteiger partial charge on any atom is -0.497 e. The zero-order valence-electron chi connectivity index (χ0n) is 22.0. The standard InChI is InChI=1S/C31H39N3O3/c1-37-27-11-7-23(8-12-27)18-34-22-31(17-29(34)35)13-15-32(16-14-31)19-26-20-33(30(36)25-9-10-25)21-28(26)24-5-3-2-4-6-24/h2-8,11-12,25-26,28H,9-10,13-22H2,1H3. The van der Waals surface area contributed by atoms with Gasteiger partial charge in [-0.2, -0.15) is 0 Å². The summed E-state index contributed by atoms with van der Waals surface area (Å²) < 4.78 is 5.27. The van der Waals surface area contributed by atoms with Crippen LogP contribution in [0.5, 0.6) is 5.75 Å². The first-order chi connectivity index (χ1) is 18.0. The van der Waals surface area contributed by atoms with E-state index in [9.17, 15) is 9.59 Å². The maximum absolute atomic E-state index is 12.9. The fourth-order valence-electron chi connectivity index (χ4n) is 6.86. The zero-order valence-corrected chi connectivity index (χ0v) is 22.0. The van der Waals surface area contributed by atoms with Crippen molar-refractivity contribution in [3.8, 4) is 5.75 Å². The predicted molar refractivity (Wildman–Crippen MR) is 143 cm³/mol. The highest BCUT2D eigenvalue weighted by Crippen LogP contribution is 2.43. The number of methoxy groups -OCH3 is 1. The summed E-state index contributed by atoms with van der Waals surface area (Å²) in [5.41, 5.74) is 2.63. The Labute approximate surface area is 220 Å². The molecule has 0 N–H and O–H groups in total. The van der Waals surface area contributed by atoms with Crippen molar-refractivity contribution in [3.05, 3.63) is 65.7 Å². The molecular weight excluding hydrogens is 462 g/mol. The third-order valence-electron chi connectivity index (χ3n) is 9.25. The fraction of sp³-hybridized carbons (Fsp3) is 0.548. The lowest BCUT2D eigenvalue weighted by molar-refractivity contribution is -0.131. The van der Waals surface area contributed by atoms with Crippen molar-refractivity contribution in [2.24, 2.45) is 17.3 Å². The van der Waals surface area contributed by atoms with E-state index in [4.69, 9.17) is 4.74 Å².